The number of benzene rings is 1. The summed E-state index contributed by atoms with van der Waals surface area (Å²) >= 11 is 0. The summed E-state index contributed by atoms with van der Waals surface area (Å²) in [6.07, 6.45) is 0. The van der Waals surface area contributed by atoms with Crippen molar-refractivity contribution in [2.24, 2.45) is 0 Å². The average molecular weight is 231 g/mol. The van der Waals surface area contributed by atoms with Crippen LogP contribution in [0.5, 0.6) is 5.75 Å². The van der Waals surface area contributed by atoms with Crippen LogP contribution in [0.1, 0.15) is 0 Å². The van der Waals surface area contributed by atoms with Crippen LogP contribution in [-0.2, 0) is 9.84 Å². The molecule has 15 heavy (non-hydrogen) atoms. The van der Waals surface area contributed by atoms with Crippen molar-refractivity contribution in [3.05, 3.63) is 18.2 Å². The minimum atomic E-state index is -3.53. The molecule has 0 amide bonds. The fraction of sp³-hybridized carbons (Fsp3) is 0.333. The molecular formula is C9H13NO4S. The Hall–Kier alpha value is -1.27. The molecule has 0 unspecified atom stereocenters. The number of sulfone groups is 1. The van der Waals surface area contributed by atoms with E-state index < -0.39 is 16.4 Å². The first-order chi connectivity index (χ1) is 7.03. The van der Waals surface area contributed by atoms with E-state index in [0.29, 0.717) is 5.75 Å². The molecule has 0 aliphatic carbocycles. The van der Waals surface area contributed by atoms with Crippen molar-refractivity contribution in [1.82, 2.24) is 0 Å². The predicted molar refractivity (Wildman–Crippen MR) is 56.5 cm³/mol. The molecule has 3 N–H and O–H groups in total. The van der Waals surface area contributed by atoms with Gasteiger partial charge in [0.1, 0.15) is 5.75 Å². The average Bonchev–Trinajstić information content (AvgIpc) is 2.17. The van der Waals surface area contributed by atoms with Gasteiger partial charge in [-0.15, -0.1) is 0 Å². The summed E-state index contributed by atoms with van der Waals surface area (Å²) in [6.45, 7) is -0.432. The molecule has 0 atom stereocenters. The lowest BCUT2D eigenvalue weighted by Gasteiger charge is -2.09. The van der Waals surface area contributed by atoms with Gasteiger partial charge in [0.05, 0.1) is 30.1 Å². The maximum Gasteiger partial charge on any atom is 0.182 e. The van der Waals surface area contributed by atoms with E-state index in [9.17, 15) is 8.42 Å². The Balaban J connectivity index is 3.27. The van der Waals surface area contributed by atoms with Crippen LogP contribution in [0.4, 0.5) is 5.69 Å². The highest BCUT2D eigenvalue weighted by Gasteiger charge is 2.18. The van der Waals surface area contributed by atoms with Gasteiger partial charge in [-0.25, -0.2) is 8.42 Å². The number of nitrogens with two attached hydrogens (primary N) is 1. The van der Waals surface area contributed by atoms with Crippen molar-refractivity contribution >= 4 is 15.5 Å². The maximum atomic E-state index is 11.6. The molecule has 0 aliphatic heterocycles. The number of para-hydroxylation sites is 1. The van der Waals surface area contributed by atoms with Crippen LogP contribution in [0.2, 0.25) is 0 Å². The summed E-state index contributed by atoms with van der Waals surface area (Å²) in [5.41, 5.74) is 5.70. The normalized spacial score (nSPS) is 11.3. The SMILES string of the molecule is COc1cccc(S(=O)(=O)CCO)c1N. The van der Waals surface area contributed by atoms with Crippen molar-refractivity contribution in [2.45, 2.75) is 4.90 Å². The summed E-state index contributed by atoms with van der Waals surface area (Å²) in [6, 6.07) is 4.51. The zero-order valence-electron chi connectivity index (χ0n) is 8.30. The quantitative estimate of drug-likeness (QED) is 0.714. The first-order valence-electron chi connectivity index (χ1n) is 4.29. The fourth-order valence-corrected chi connectivity index (χ4v) is 2.39. The lowest BCUT2D eigenvalue weighted by Crippen LogP contribution is -2.12. The summed E-state index contributed by atoms with van der Waals surface area (Å²) < 4.78 is 28.2. The van der Waals surface area contributed by atoms with E-state index in [0.717, 1.165) is 0 Å². The van der Waals surface area contributed by atoms with Gasteiger partial charge in [-0.3, -0.25) is 0 Å². The molecular weight excluding hydrogens is 218 g/mol. The van der Waals surface area contributed by atoms with Crippen LogP contribution in [0.3, 0.4) is 0 Å². The number of hydrogen-bond donors (Lipinski definition) is 2. The van der Waals surface area contributed by atoms with Gasteiger partial charge in [-0.05, 0) is 12.1 Å². The molecule has 0 fully saturated rings. The van der Waals surface area contributed by atoms with Crippen molar-refractivity contribution in [2.75, 3.05) is 25.2 Å². The molecule has 0 saturated heterocycles. The van der Waals surface area contributed by atoms with Gasteiger partial charge in [0, 0.05) is 0 Å². The molecule has 6 heteroatoms. The lowest BCUT2D eigenvalue weighted by molar-refractivity contribution is 0.319. The van der Waals surface area contributed by atoms with E-state index in [1.54, 1.807) is 12.1 Å². The largest absolute Gasteiger partial charge is 0.495 e. The van der Waals surface area contributed by atoms with E-state index >= 15 is 0 Å². The second-order valence-electron chi connectivity index (χ2n) is 2.91. The fourth-order valence-electron chi connectivity index (χ4n) is 1.20. The molecule has 84 valence electrons. The van der Waals surface area contributed by atoms with Crippen molar-refractivity contribution < 1.29 is 18.3 Å². The maximum absolute atomic E-state index is 11.6. The van der Waals surface area contributed by atoms with Gasteiger partial charge in [-0.2, -0.15) is 0 Å². The Morgan fingerprint density at radius 1 is 1.47 bits per heavy atom. The van der Waals surface area contributed by atoms with Crippen molar-refractivity contribution in [3.8, 4) is 5.75 Å². The summed E-state index contributed by atoms with van der Waals surface area (Å²) in [5.74, 6) is -0.0290. The first kappa shape index (κ1) is 11.8. The number of rotatable bonds is 4. The number of hydrogen-bond acceptors (Lipinski definition) is 5. The summed E-state index contributed by atoms with van der Waals surface area (Å²) in [5, 5.41) is 8.63. The second kappa shape index (κ2) is 4.50. The Kier molecular flexibility index (Phi) is 3.54. The third kappa shape index (κ3) is 2.40. The van der Waals surface area contributed by atoms with Crippen LogP contribution in [0, 0.1) is 0 Å². The molecule has 1 aromatic carbocycles. The second-order valence-corrected chi connectivity index (χ2v) is 4.99. The number of methoxy groups -OCH3 is 1. The van der Waals surface area contributed by atoms with Crippen LogP contribution < -0.4 is 10.5 Å². The van der Waals surface area contributed by atoms with E-state index in [1.807, 2.05) is 0 Å². The van der Waals surface area contributed by atoms with E-state index in [2.05, 4.69) is 0 Å². The Labute approximate surface area is 88.4 Å². The molecule has 5 nitrogen and oxygen atoms in total. The molecule has 0 aliphatic rings. The zero-order chi connectivity index (χ0) is 11.5. The van der Waals surface area contributed by atoms with E-state index in [1.165, 1.54) is 13.2 Å². The highest BCUT2D eigenvalue weighted by Crippen LogP contribution is 2.28. The topological polar surface area (TPSA) is 89.6 Å². The minimum absolute atomic E-state index is 0.00380. The third-order valence-electron chi connectivity index (χ3n) is 1.94. The molecule has 0 radical (unpaired) electrons. The van der Waals surface area contributed by atoms with Gasteiger partial charge in [-0.1, -0.05) is 6.07 Å². The Morgan fingerprint density at radius 3 is 2.67 bits per heavy atom. The van der Waals surface area contributed by atoms with Crippen molar-refractivity contribution in [1.29, 1.82) is 0 Å². The molecule has 0 heterocycles. The molecule has 0 spiro atoms. The van der Waals surface area contributed by atoms with Crippen LogP contribution in [-0.4, -0.2) is 33.0 Å². The first-order valence-corrected chi connectivity index (χ1v) is 5.94. The molecule has 0 aromatic heterocycles. The van der Waals surface area contributed by atoms with Gasteiger partial charge in [0.2, 0.25) is 0 Å². The zero-order valence-corrected chi connectivity index (χ0v) is 9.12. The van der Waals surface area contributed by atoms with Gasteiger partial charge >= 0.3 is 0 Å². The Bertz CT molecular complexity index is 441. The van der Waals surface area contributed by atoms with Gasteiger partial charge in [0.25, 0.3) is 0 Å². The van der Waals surface area contributed by atoms with E-state index in [-0.39, 0.29) is 16.3 Å². The highest BCUT2D eigenvalue weighted by atomic mass is 32.2. The lowest BCUT2D eigenvalue weighted by atomic mass is 10.3. The third-order valence-corrected chi connectivity index (χ3v) is 3.69. The van der Waals surface area contributed by atoms with E-state index in [4.69, 9.17) is 15.6 Å². The molecule has 1 aromatic rings. The summed E-state index contributed by atoms with van der Waals surface area (Å²) in [4.78, 5) is -0.00380. The molecule has 1 rings (SSSR count). The minimum Gasteiger partial charge on any atom is -0.495 e. The highest BCUT2D eigenvalue weighted by molar-refractivity contribution is 7.91. The number of ether oxygens (including phenoxy) is 1. The number of aliphatic hydroxyl groups excluding tert-OH is 1. The van der Waals surface area contributed by atoms with Crippen molar-refractivity contribution in [3.63, 3.8) is 0 Å². The standard InChI is InChI=1S/C9H13NO4S/c1-14-7-3-2-4-8(9(7)10)15(12,13)6-5-11/h2-4,11H,5-6,10H2,1H3. The Morgan fingerprint density at radius 2 is 2.13 bits per heavy atom. The van der Waals surface area contributed by atoms with Crippen LogP contribution in [0.25, 0.3) is 0 Å². The molecule has 0 bridgehead atoms. The number of aliphatic hydroxyl groups is 1. The van der Waals surface area contributed by atoms with Gasteiger partial charge in [0.15, 0.2) is 9.84 Å². The number of anilines is 1. The smallest absolute Gasteiger partial charge is 0.182 e. The van der Waals surface area contributed by atoms with Gasteiger partial charge < -0.3 is 15.6 Å². The molecule has 0 saturated carbocycles. The predicted octanol–water partition coefficient (Wildman–Crippen LogP) is 0.0434. The monoisotopic (exact) mass is 231 g/mol. The van der Waals surface area contributed by atoms with Crippen LogP contribution in [0.15, 0.2) is 23.1 Å². The van der Waals surface area contributed by atoms with Crippen LogP contribution >= 0.6 is 0 Å². The number of nitrogen functional groups attached to an aromatic ring is 1. The summed E-state index contributed by atoms with van der Waals surface area (Å²) in [7, 11) is -2.12.